The first-order chi connectivity index (χ1) is 8.13. The summed E-state index contributed by atoms with van der Waals surface area (Å²) in [7, 11) is 0. The lowest BCUT2D eigenvalue weighted by atomic mass is 10.0. The van der Waals surface area contributed by atoms with Crippen molar-refractivity contribution in [2.75, 3.05) is 23.7 Å². The Morgan fingerprint density at radius 3 is 2.41 bits per heavy atom. The monoisotopic (exact) mass is 232 g/mol. The van der Waals surface area contributed by atoms with E-state index in [-0.39, 0.29) is 0 Å². The van der Waals surface area contributed by atoms with E-state index in [0.717, 1.165) is 36.6 Å². The van der Waals surface area contributed by atoms with Gasteiger partial charge in [0.05, 0.1) is 0 Å². The van der Waals surface area contributed by atoms with Gasteiger partial charge >= 0.3 is 0 Å². The highest BCUT2D eigenvalue weighted by molar-refractivity contribution is 5.48. The third-order valence-corrected chi connectivity index (χ3v) is 4.00. The van der Waals surface area contributed by atoms with Crippen LogP contribution < -0.4 is 10.6 Å². The van der Waals surface area contributed by atoms with E-state index < -0.39 is 0 Å². The lowest BCUT2D eigenvalue weighted by Gasteiger charge is -2.18. The van der Waals surface area contributed by atoms with Gasteiger partial charge < -0.3 is 10.6 Å². The molecule has 2 aliphatic rings. The number of hydrogen-bond donors (Lipinski definition) is 1. The van der Waals surface area contributed by atoms with Gasteiger partial charge in [0.1, 0.15) is 17.5 Å². The highest BCUT2D eigenvalue weighted by atomic mass is 15.2. The van der Waals surface area contributed by atoms with Gasteiger partial charge in [0, 0.05) is 25.1 Å². The van der Waals surface area contributed by atoms with Crippen LogP contribution in [0.25, 0.3) is 0 Å². The molecule has 1 aromatic heterocycles. The predicted molar refractivity (Wildman–Crippen MR) is 69.0 cm³/mol. The molecule has 2 unspecified atom stereocenters. The van der Waals surface area contributed by atoms with Crippen LogP contribution in [0.5, 0.6) is 0 Å². The summed E-state index contributed by atoms with van der Waals surface area (Å²) in [6.45, 7) is 6.78. The molecule has 17 heavy (non-hydrogen) atoms. The van der Waals surface area contributed by atoms with Crippen LogP contribution in [0.2, 0.25) is 0 Å². The molecule has 3 rings (SSSR count). The van der Waals surface area contributed by atoms with Crippen molar-refractivity contribution in [2.24, 2.45) is 11.8 Å². The predicted octanol–water partition coefficient (Wildman–Crippen LogP) is 2.03. The van der Waals surface area contributed by atoms with Gasteiger partial charge in [-0.05, 0) is 24.7 Å². The molecule has 1 aliphatic carbocycles. The maximum atomic E-state index is 5.88. The lowest BCUT2D eigenvalue weighted by molar-refractivity contribution is 0.494. The van der Waals surface area contributed by atoms with E-state index in [1.807, 2.05) is 6.07 Å². The van der Waals surface area contributed by atoms with Crippen LogP contribution in [0, 0.1) is 11.8 Å². The highest BCUT2D eigenvalue weighted by Crippen LogP contribution is 2.39. The third-order valence-electron chi connectivity index (χ3n) is 4.00. The summed E-state index contributed by atoms with van der Waals surface area (Å²) >= 11 is 0. The first-order valence-electron chi connectivity index (χ1n) is 6.53. The molecule has 4 nitrogen and oxygen atoms in total. The Morgan fingerprint density at radius 2 is 1.82 bits per heavy atom. The number of nitrogen functional groups attached to an aromatic ring is 1. The molecule has 2 fully saturated rings. The van der Waals surface area contributed by atoms with Gasteiger partial charge in [-0.1, -0.05) is 13.8 Å². The van der Waals surface area contributed by atoms with Crippen LogP contribution in [-0.2, 0) is 0 Å². The van der Waals surface area contributed by atoms with E-state index in [9.17, 15) is 0 Å². The van der Waals surface area contributed by atoms with Crippen molar-refractivity contribution in [3.8, 4) is 0 Å². The van der Waals surface area contributed by atoms with Crippen LogP contribution in [0.3, 0.4) is 0 Å². The Labute approximate surface area is 102 Å². The van der Waals surface area contributed by atoms with E-state index in [1.165, 1.54) is 12.8 Å². The summed E-state index contributed by atoms with van der Waals surface area (Å²) in [5, 5.41) is 0. The highest BCUT2D eigenvalue weighted by Gasteiger charge is 2.30. The summed E-state index contributed by atoms with van der Waals surface area (Å²) in [6.07, 6.45) is 2.44. The zero-order valence-corrected chi connectivity index (χ0v) is 10.6. The molecule has 2 N–H and O–H groups in total. The molecule has 0 amide bonds. The zero-order valence-electron chi connectivity index (χ0n) is 10.6. The second kappa shape index (κ2) is 3.86. The van der Waals surface area contributed by atoms with E-state index in [4.69, 9.17) is 5.73 Å². The summed E-state index contributed by atoms with van der Waals surface area (Å²) in [6, 6.07) is 1.91. The first-order valence-corrected chi connectivity index (χ1v) is 6.53. The number of nitrogens with zero attached hydrogens (tertiary/aromatic N) is 3. The van der Waals surface area contributed by atoms with Crippen molar-refractivity contribution in [3.63, 3.8) is 0 Å². The standard InChI is InChI=1S/C13H20N4/c1-8-6-17(7-9(8)2)12-5-11(14)15-13(16-12)10-3-4-10/h5,8-10H,3-4,6-7H2,1-2H3,(H2,14,15,16). The fourth-order valence-electron chi connectivity index (χ4n) is 2.47. The van der Waals surface area contributed by atoms with Crippen molar-refractivity contribution < 1.29 is 0 Å². The molecule has 0 bridgehead atoms. The summed E-state index contributed by atoms with van der Waals surface area (Å²) in [5.41, 5.74) is 5.88. The van der Waals surface area contributed by atoms with E-state index >= 15 is 0 Å². The molecule has 2 heterocycles. The quantitative estimate of drug-likeness (QED) is 0.847. The molecule has 1 aromatic rings. The molecular formula is C13H20N4. The maximum Gasteiger partial charge on any atom is 0.136 e. The van der Waals surface area contributed by atoms with Crippen LogP contribution in [0.1, 0.15) is 38.4 Å². The van der Waals surface area contributed by atoms with Crippen molar-refractivity contribution in [1.82, 2.24) is 9.97 Å². The normalized spacial score (nSPS) is 28.7. The van der Waals surface area contributed by atoms with Crippen molar-refractivity contribution >= 4 is 11.6 Å². The van der Waals surface area contributed by atoms with Crippen LogP contribution in [-0.4, -0.2) is 23.1 Å². The van der Waals surface area contributed by atoms with Crippen LogP contribution >= 0.6 is 0 Å². The third kappa shape index (κ3) is 2.08. The molecule has 0 aromatic carbocycles. The Kier molecular flexibility index (Phi) is 2.45. The number of anilines is 2. The fraction of sp³-hybridized carbons (Fsp3) is 0.692. The number of nitrogens with two attached hydrogens (primary N) is 1. The minimum Gasteiger partial charge on any atom is -0.384 e. The minimum absolute atomic E-state index is 0.565. The molecule has 1 saturated heterocycles. The lowest BCUT2D eigenvalue weighted by Crippen LogP contribution is -2.21. The Bertz CT molecular complexity index is 417. The zero-order chi connectivity index (χ0) is 12.0. The van der Waals surface area contributed by atoms with Crippen molar-refractivity contribution in [1.29, 1.82) is 0 Å². The molecule has 1 saturated carbocycles. The van der Waals surface area contributed by atoms with Gasteiger partial charge in [-0.3, -0.25) is 0 Å². The average Bonchev–Trinajstić information content (AvgIpc) is 3.06. The van der Waals surface area contributed by atoms with Crippen molar-refractivity contribution in [3.05, 3.63) is 11.9 Å². The SMILES string of the molecule is CC1CN(c2cc(N)nc(C3CC3)n2)CC1C. The smallest absolute Gasteiger partial charge is 0.136 e. The van der Waals surface area contributed by atoms with E-state index in [2.05, 4.69) is 28.7 Å². The summed E-state index contributed by atoms with van der Waals surface area (Å²) in [5.74, 6) is 4.62. The van der Waals surface area contributed by atoms with Gasteiger partial charge in [0.15, 0.2) is 0 Å². The molecule has 2 atom stereocenters. The van der Waals surface area contributed by atoms with E-state index in [1.54, 1.807) is 0 Å². The Balaban J connectivity index is 1.87. The molecule has 4 heteroatoms. The number of rotatable bonds is 2. The Morgan fingerprint density at radius 1 is 1.18 bits per heavy atom. The van der Waals surface area contributed by atoms with Crippen LogP contribution in [0.15, 0.2) is 6.07 Å². The molecule has 92 valence electrons. The molecule has 1 aliphatic heterocycles. The minimum atomic E-state index is 0.565. The first kappa shape index (κ1) is 10.8. The van der Waals surface area contributed by atoms with Gasteiger partial charge in [0.2, 0.25) is 0 Å². The Hall–Kier alpha value is -1.32. The second-order valence-electron chi connectivity index (χ2n) is 5.64. The molecule has 0 radical (unpaired) electrons. The van der Waals surface area contributed by atoms with Gasteiger partial charge in [-0.15, -0.1) is 0 Å². The number of aromatic nitrogens is 2. The topological polar surface area (TPSA) is 55.0 Å². The maximum absolute atomic E-state index is 5.88. The molecule has 0 spiro atoms. The second-order valence-corrected chi connectivity index (χ2v) is 5.64. The summed E-state index contributed by atoms with van der Waals surface area (Å²) < 4.78 is 0. The van der Waals surface area contributed by atoms with Crippen molar-refractivity contribution in [2.45, 2.75) is 32.6 Å². The van der Waals surface area contributed by atoms with Gasteiger partial charge in [-0.25, -0.2) is 9.97 Å². The molecular weight excluding hydrogens is 212 g/mol. The average molecular weight is 232 g/mol. The fourth-order valence-corrected chi connectivity index (χ4v) is 2.47. The summed E-state index contributed by atoms with van der Waals surface area (Å²) in [4.78, 5) is 11.4. The van der Waals surface area contributed by atoms with Crippen LogP contribution in [0.4, 0.5) is 11.6 Å². The number of hydrogen-bond acceptors (Lipinski definition) is 4. The van der Waals surface area contributed by atoms with Gasteiger partial charge in [-0.2, -0.15) is 0 Å². The van der Waals surface area contributed by atoms with Gasteiger partial charge in [0.25, 0.3) is 0 Å². The van der Waals surface area contributed by atoms with E-state index in [0.29, 0.717) is 11.7 Å². The largest absolute Gasteiger partial charge is 0.384 e.